The zero-order valence-electron chi connectivity index (χ0n) is 15.1. The Bertz CT molecular complexity index is 1100. The summed E-state index contributed by atoms with van der Waals surface area (Å²) in [6, 6.07) is 6.67. The van der Waals surface area contributed by atoms with Gasteiger partial charge in [0.25, 0.3) is 5.91 Å². The molecule has 1 amide bonds. The van der Waals surface area contributed by atoms with Crippen LogP contribution in [0.3, 0.4) is 0 Å². The SMILES string of the molecule is CCN(CC)S(=O)(=O)c1cc(C(=O)Nc2nc3ccc(Cl)cc3s2)n(C)c1. The minimum Gasteiger partial charge on any atom is -0.345 e. The Morgan fingerprint density at radius 3 is 2.67 bits per heavy atom. The standard InChI is InChI=1S/C17H19ClN4O3S2/c1-4-22(5-2)27(24,25)12-9-14(21(3)10-12)16(23)20-17-19-13-7-6-11(18)8-15(13)26-17/h6-10H,4-5H2,1-3H3,(H,19,20,23). The summed E-state index contributed by atoms with van der Waals surface area (Å²) in [4.78, 5) is 17.1. The number of halogens is 1. The van der Waals surface area contributed by atoms with Crippen molar-refractivity contribution in [3.63, 3.8) is 0 Å². The average Bonchev–Trinajstić information content (AvgIpc) is 3.18. The largest absolute Gasteiger partial charge is 0.345 e. The van der Waals surface area contributed by atoms with Crippen molar-refractivity contribution in [1.82, 2.24) is 13.9 Å². The quantitative estimate of drug-likeness (QED) is 0.653. The Morgan fingerprint density at radius 1 is 1.30 bits per heavy atom. The van der Waals surface area contributed by atoms with Crippen LogP contribution in [0.1, 0.15) is 24.3 Å². The fourth-order valence-electron chi connectivity index (χ4n) is 2.73. The monoisotopic (exact) mass is 426 g/mol. The van der Waals surface area contributed by atoms with Gasteiger partial charge >= 0.3 is 0 Å². The minimum atomic E-state index is -3.63. The van der Waals surface area contributed by atoms with Crippen LogP contribution < -0.4 is 5.32 Å². The predicted octanol–water partition coefficient (Wildman–Crippen LogP) is 3.57. The van der Waals surface area contributed by atoms with E-state index in [1.165, 1.54) is 32.5 Å². The summed E-state index contributed by atoms with van der Waals surface area (Å²) in [5.41, 5.74) is 0.967. The van der Waals surface area contributed by atoms with Gasteiger partial charge in [-0.15, -0.1) is 0 Å². The first-order chi connectivity index (χ1) is 12.8. The van der Waals surface area contributed by atoms with Gasteiger partial charge in [-0.05, 0) is 24.3 Å². The molecule has 2 heterocycles. The van der Waals surface area contributed by atoms with Crippen LogP contribution in [-0.4, -0.2) is 41.3 Å². The normalized spacial score (nSPS) is 12.0. The van der Waals surface area contributed by atoms with E-state index in [1.54, 1.807) is 39.1 Å². The molecule has 1 aromatic carbocycles. The van der Waals surface area contributed by atoms with Gasteiger partial charge in [-0.3, -0.25) is 10.1 Å². The number of nitrogens with one attached hydrogen (secondary N) is 1. The molecule has 1 N–H and O–H groups in total. The molecule has 3 rings (SSSR count). The number of fused-ring (bicyclic) bond motifs is 1. The number of anilines is 1. The number of hydrogen-bond donors (Lipinski definition) is 1. The van der Waals surface area contributed by atoms with E-state index >= 15 is 0 Å². The number of benzene rings is 1. The molecule has 0 fully saturated rings. The number of thiazole rings is 1. The first kappa shape index (κ1) is 19.8. The number of carbonyl (C=O) groups is 1. The molecule has 0 aliphatic heterocycles. The van der Waals surface area contributed by atoms with Gasteiger partial charge in [-0.25, -0.2) is 13.4 Å². The molecule has 10 heteroatoms. The van der Waals surface area contributed by atoms with Gasteiger partial charge in [0.1, 0.15) is 10.6 Å². The van der Waals surface area contributed by atoms with Crippen LogP contribution in [0.5, 0.6) is 0 Å². The van der Waals surface area contributed by atoms with Gasteiger partial charge in [0.2, 0.25) is 10.0 Å². The second-order valence-corrected chi connectivity index (χ2v) is 9.25. The van der Waals surface area contributed by atoms with E-state index < -0.39 is 15.9 Å². The van der Waals surface area contributed by atoms with Crippen LogP contribution in [-0.2, 0) is 17.1 Å². The Labute approximate surface area is 166 Å². The number of rotatable bonds is 6. The van der Waals surface area contributed by atoms with Crippen molar-refractivity contribution < 1.29 is 13.2 Å². The topological polar surface area (TPSA) is 84.3 Å². The number of aromatic nitrogens is 2. The van der Waals surface area contributed by atoms with E-state index in [9.17, 15) is 13.2 Å². The molecular weight excluding hydrogens is 408 g/mol. The van der Waals surface area contributed by atoms with E-state index in [2.05, 4.69) is 10.3 Å². The lowest BCUT2D eigenvalue weighted by Crippen LogP contribution is -2.30. The van der Waals surface area contributed by atoms with E-state index in [-0.39, 0.29) is 10.6 Å². The van der Waals surface area contributed by atoms with Gasteiger partial charge < -0.3 is 4.57 Å². The van der Waals surface area contributed by atoms with E-state index in [1.807, 2.05) is 0 Å². The van der Waals surface area contributed by atoms with Crippen LogP contribution in [0.4, 0.5) is 5.13 Å². The van der Waals surface area contributed by atoms with Crippen LogP contribution in [0.2, 0.25) is 5.02 Å². The lowest BCUT2D eigenvalue weighted by Gasteiger charge is -2.17. The summed E-state index contributed by atoms with van der Waals surface area (Å²) in [5, 5.41) is 3.74. The van der Waals surface area contributed by atoms with E-state index in [0.29, 0.717) is 23.2 Å². The highest BCUT2D eigenvalue weighted by Gasteiger charge is 2.25. The number of aryl methyl sites for hydroxylation is 1. The summed E-state index contributed by atoms with van der Waals surface area (Å²) in [6.45, 7) is 4.28. The Balaban J connectivity index is 1.87. The first-order valence-corrected chi connectivity index (χ1v) is 10.9. The number of nitrogens with zero attached hydrogens (tertiary/aromatic N) is 3. The van der Waals surface area contributed by atoms with Gasteiger partial charge in [0.05, 0.1) is 10.2 Å². The zero-order valence-corrected chi connectivity index (χ0v) is 17.5. The molecule has 0 bridgehead atoms. The molecule has 0 saturated heterocycles. The second kappa shape index (κ2) is 7.59. The fraction of sp³-hybridized carbons (Fsp3) is 0.294. The average molecular weight is 427 g/mol. The third-order valence-corrected chi connectivity index (χ3v) is 7.31. The highest BCUT2D eigenvalue weighted by atomic mass is 35.5. The molecule has 27 heavy (non-hydrogen) atoms. The summed E-state index contributed by atoms with van der Waals surface area (Å²) < 4.78 is 29.0. The molecule has 144 valence electrons. The third kappa shape index (κ3) is 3.86. The van der Waals surface area contributed by atoms with Gasteiger partial charge in [-0.1, -0.05) is 36.8 Å². The van der Waals surface area contributed by atoms with E-state index in [0.717, 1.165) is 10.2 Å². The van der Waals surface area contributed by atoms with Crippen molar-refractivity contribution in [2.75, 3.05) is 18.4 Å². The highest BCUT2D eigenvalue weighted by Crippen LogP contribution is 2.29. The maximum absolute atomic E-state index is 12.6. The van der Waals surface area contributed by atoms with Crippen molar-refractivity contribution in [2.24, 2.45) is 7.05 Å². The van der Waals surface area contributed by atoms with Crippen molar-refractivity contribution in [2.45, 2.75) is 18.7 Å². The molecule has 0 aliphatic rings. The van der Waals surface area contributed by atoms with Gasteiger partial charge in [0, 0.05) is 31.4 Å². The number of hydrogen-bond acceptors (Lipinski definition) is 5. The van der Waals surface area contributed by atoms with Crippen LogP contribution in [0, 0.1) is 0 Å². The maximum atomic E-state index is 12.6. The lowest BCUT2D eigenvalue weighted by molar-refractivity contribution is 0.101. The fourth-order valence-corrected chi connectivity index (χ4v) is 5.39. The van der Waals surface area contributed by atoms with Crippen LogP contribution in [0.15, 0.2) is 35.4 Å². The van der Waals surface area contributed by atoms with Crippen molar-refractivity contribution >= 4 is 54.2 Å². The third-order valence-electron chi connectivity index (χ3n) is 4.13. The summed E-state index contributed by atoms with van der Waals surface area (Å²) >= 11 is 7.27. The molecule has 0 spiro atoms. The maximum Gasteiger partial charge on any atom is 0.274 e. The Hall–Kier alpha value is -1.94. The first-order valence-electron chi connectivity index (χ1n) is 8.30. The number of amides is 1. The van der Waals surface area contributed by atoms with Gasteiger partial charge in [-0.2, -0.15) is 4.31 Å². The molecule has 7 nitrogen and oxygen atoms in total. The molecule has 0 aliphatic carbocycles. The number of sulfonamides is 1. The van der Waals surface area contributed by atoms with Crippen molar-refractivity contribution in [3.05, 3.63) is 41.2 Å². The molecule has 0 saturated carbocycles. The van der Waals surface area contributed by atoms with E-state index in [4.69, 9.17) is 11.6 Å². The smallest absolute Gasteiger partial charge is 0.274 e. The molecular formula is C17H19ClN4O3S2. The molecule has 0 radical (unpaired) electrons. The van der Waals surface area contributed by atoms with Crippen molar-refractivity contribution in [3.8, 4) is 0 Å². The molecule has 0 atom stereocenters. The van der Waals surface area contributed by atoms with Crippen LogP contribution >= 0.6 is 22.9 Å². The summed E-state index contributed by atoms with van der Waals surface area (Å²) in [6.07, 6.45) is 1.45. The summed E-state index contributed by atoms with van der Waals surface area (Å²) in [7, 11) is -2.00. The Kier molecular flexibility index (Phi) is 5.57. The second-order valence-electron chi connectivity index (χ2n) is 5.85. The molecule has 0 unspecified atom stereocenters. The van der Waals surface area contributed by atoms with Crippen LogP contribution in [0.25, 0.3) is 10.2 Å². The molecule has 2 aromatic heterocycles. The predicted molar refractivity (Wildman–Crippen MR) is 108 cm³/mol. The summed E-state index contributed by atoms with van der Waals surface area (Å²) in [5.74, 6) is -0.427. The van der Waals surface area contributed by atoms with Crippen molar-refractivity contribution in [1.29, 1.82) is 0 Å². The lowest BCUT2D eigenvalue weighted by atomic mass is 10.3. The Morgan fingerprint density at radius 2 is 2.00 bits per heavy atom. The number of carbonyl (C=O) groups excluding carboxylic acids is 1. The van der Waals surface area contributed by atoms with Gasteiger partial charge in [0.15, 0.2) is 5.13 Å². The molecule has 3 aromatic rings. The minimum absolute atomic E-state index is 0.0925. The zero-order chi connectivity index (χ0) is 19.8. The highest BCUT2D eigenvalue weighted by molar-refractivity contribution is 7.89.